The Morgan fingerprint density at radius 1 is 1.13 bits per heavy atom. The minimum Gasteiger partial charge on any atom is -0.380 e. The molecule has 0 aromatic rings. The molecule has 2 aliphatic rings. The first-order valence-corrected chi connectivity index (χ1v) is 6.35. The fourth-order valence-corrected chi connectivity index (χ4v) is 2.74. The van der Waals surface area contributed by atoms with Gasteiger partial charge in [-0.05, 0) is 58.8 Å². The minimum atomic E-state index is 0.315. The van der Waals surface area contributed by atoms with E-state index < -0.39 is 0 Å². The summed E-state index contributed by atoms with van der Waals surface area (Å²) in [6.45, 7) is 9.08. The molecule has 3 heteroatoms. The first-order chi connectivity index (χ1) is 7.31. The maximum absolute atomic E-state index is 5.65. The smallest absolute Gasteiger partial charge is 0.0647 e. The molecule has 0 aromatic carbocycles. The zero-order chi connectivity index (χ0) is 10.6. The van der Waals surface area contributed by atoms with Crippen LogP contribution in [0.3, 0.4) is 0 Å². The lowest BCUT2D eigenvalue weighted by atomic mass is 9.92. The third kappa shape index (κ3) is 2.92. The van der Waals surface area contributed by atoms with Crippen molar-refractivity contribution < 1.29 is 4.74 Å². The van der Waals surface area contributed by atoms with Gasteiger partial charge < -0.3 is 10.1 Å². The predicted molar refractivity (Wildman–Crippen MR) is 62.1 cm³/mol. The Morgan fingerprint density at radius 2 is 1.87 bits per heavy atom. The molecule has 0 spiro atoms. The molecule has 2 saturated heterocycles. The van der Waals surface area contributed by atoms with Gasteiger partial charge in [0.05, 0.1) is 6.61 Å². The van der Waals surface area contributed by atoms with E-state index in [1.165, 1.54) is 51.9 Å². The molecule has 2 rings (SSSR count). The molecule has 1 atom stereocenters. The van der Waals surface area contributed by atoms with Crippen LogP contribution in [0.15, 0.2) is 0 Å². The van der Waals surface area contributed by atoms with E-state index in [1.54, 1.807) is 0 Å². The number of ether oxygens (including phenoxy) is 1. The van der Waals surface area contributed by atoms with Crippen LogP contribution in [0, 0.1) is 0 Å². The van der Waals surface area contributed by atoms with Crippen molar-refractivity contribution in [2.75, 3.05) is 39.4 Å². The van der Waals surface area contributed by atoms with E-state index in [-0.39, 0.29) is 0 Å². The summed E-state index contributed by atoms with van der Waals surface area (Å²) in [6, 6.07) is 0. The Kier molecular flexibility index (Phi) is 4.00. The molecule has 0 amide bonds. The standard InChI is InChI=1S/C12H24N2O/c1-12(5-2-10-15-11-12)14-8-3-6-13-7-4-9-14/h13H,2-11H2,1H3. The van der Waals surface area contributed by atoms with E-state index in [4.69, 9.17) is 4.74 Å². The number of nitrogens with zero attached hydrogens (tertiary/aromatic N) is 1. The van der Waals surface area contributed by atoms with E-state index in [0.29, 0.717) is 5.54 Å². The van der Waals surface area contributed by atoms with Crippen LogP contribution in [0.4, 0.5) is 0 Å². The van der Waals surface area contributed by atoms with Crippen molar-refractivity contribution in [2.45, 2.75) is 38.1 Å². The van der Waals surface area contributed by atoms with Crippen molar-refractivity contribution in [3.05, 3.63) is 0 Å². The SMILES string of the molecule is CC1(N2CCCNCCC2)CCCOC1. The first-order valence-electron chi connectivity index (χ1n) is 6.35. The molecule has 0 radical (unpaired) electrons. The Morgan fingerprint density at radius 3 is 2.47 bits per heavy atom. The molecule has 0 saturated carbocycles. The Balaban J connectivity index is 1.92. The second-order valence-corrected chi connectivity index (χ2v) is 5.10. The highest BCUT2D eigenvalue weighted by Gasteiger charge is 2.33. The topological polar surface area (TPSA) is 24.5 Å². The number of rotatable bonds is 1. The summed E-state index contributed by atoms with van der Waals surface area (Å²) in [6.07, 6.45) is 5.08. The lowest BCUT2D eigenvalue weighted by Gasteiger charge is -2.44. The van der Waals surface area contributed by atoms with Gasteiger partial charge in [-0.25, -0.2) is 0 Å². The molecular weight excluding hydrogens is 188 g/mol. The second-order valence-electron chi connectivity index (χ2n) is 5.10. The van der Waals surface area contributed by atoms with Crippen LogP contribution in [-0.2, 0) is 4.74 Å². The highest BCUT2D eigenvalue weighted by Crippen LogP contribution is 2.26. The Hall–Kier alpha value is -0.120. The van der Waals surface area contributed by atoms with Gasteiger partial charge >= 0.3 is 0 Å². The summed E-state index contributed by atoms with van der Waals surface area (Å²) in [5.41, 5.74) is 0.315. The van der Waals surface area contributed by atoms with Gasteiger partial charge in [0.1, 0.15) is 0 Å². The molecule has 0 aliphatic carbocycles. The van der Waals surface area contributed by atoms with Gasteiger partial charge in [-0.3, -0.25) is 4.90 Å². The predicted octanol–water partition coefficient (Wildman–Crippen LogP) is 1.24. The molecule has 3 nitrogen and oxygen atoms in total. The van der Waals surface area contributed by atoms with Gasteiger partial charge in [0.15, 0.2) is 0 Å². The van der Waals surface area contributed by atoms with E-state index in [0.717, 1.165) is 13.2 Å². The molecular formula is C12H24N2O. The average Bonchev–Trinajstić information content (AvgIpc) is 2.17. The van der Waals surface area contributed by atoms with Gasteiger partial charge in [0, 0.05) is 12.1 Å². The summed E-state index contributed by atoms with van der Waals surface area (Å²) < 4.78 is 5.65. The third-order valence-electron chi connectivity index (χ3n) is 3.74. The zero-order valence-corrected chi connectivity index (χ0v) is 9.93. The van der Waals surface area contributed by atoms with Crippen LogP contribution in [0.25, 0.3) is 0 Å². The summed E-state index contributed by atoms with van der Waals surface area (Å²) in [5, 5.41) is 3.47. The number of hydrogen-bond donors (Lipinski definition) is 1. The van der Waals surface area contributed by atoms with Gasteiger partial charge in [-0.1, -0.05) is 0 Å². The molecule has 1 unspecified atom stereocenters. The van der Waals surface area contributed by atoms with Crippen molar-refractivity contribution >= 4 is 0 Å². The maximum atomic E-state index is 5.65. The molecule has 0 aromatic heterocycles. The van der Waals surface area contributed by atoms with Crippen LogP contribution in [-0.4, -0.2) is 49.8 Å². The molecule has 1 N–H and O–H groups in total. The fraction of sp³-hybridized carbons (Fsp3) is 1.00. The van der Waals surface area contributed by atoms with Crippen molar-refractivity contribution in [3.8, 4) is 0 Å². The second kappa shape index (κ2) is 5.28. The van der Waals surface area contributed by atoms with Crippen molar-refractivity contribution in [1.29, 1.82) is 0 Å². The van der Waals surface area contributed by atoms with Crippen LogP contribution in [0.5, 0.6) is 0 Å². The fourth-order valence-electron chi connectivity index (χ4n) is 2.74. The summed E-state index contributed by atoms with van der Waals surface area (Å²) >= 11 is 0. The zero-order valence-electron chi connectivity index (χ0n) is 9.93. The lowest BCUT2D eigenvalue weighted by Crippen LogP contribution is -2.53. The van der Waals surface area contributed by atoms with Gasteiger partial charge in [-0.2, -0.15) is 0 Å². The van der Waals surface area contributed by atoms with Gasteiger partial charge in [0.2, 0.25) is 0 Å². The van der Waals surface area contributed by atoms with Crippen LogP contribution in [0.2, 0.25) is 0 Å². The largest absolute Gasteiger partial charge is 0.380 e. The van der Waals surface area contributed by atoms with Crippen molar-refractivity contribution in [3.63, 3.8) is 0 Å². The van der Waals surface area contributed by atoms with Crippen LogP contribution < -0.4 is 5.32 Å². The number of hydrogen-bond acceptors (Lipinski definition) is 3. The first kappa shape index (κ1) is 11.4. The molecule has 88 valence electrons. The average molecular weight is 212 g/mol. The van der Waals surface area contributed by atoms with Gasteiger partial charge in [0.25, 0.3) is 0 Å². The Labute approximate surface area is 93.2 Å². The lowest BCUT2D eigenvalue weighted by molar-refractivity contribution is -0.0417. The van der Waals surface area contributed by atoms with Crippen molar-refractivity contribution in [1.82, 2.24) is 10.2 Å². The number of nitrogens with one attached hydrogen (secondary N) is 1. The summed E-state index contributed by atoms with van der Waals surface area (Å²) in [4.78, 5) is 2.66. The summed E-state index contributed by atoms with van der Waals surface area (Å²) in [5.74, 6) is 0. The van der Waals surface area contributed by atoms with Crippen LogP contribution >= 0.6 is 0 Å². The maximum Gasteiger partial charge on any atom is 0.0647 e. The van der Waals surface area contributed by atoms with Crippen LogP contribution in [0.1, 0.15) is 32.6 Å². The molecule has 15 heavy (non-hydrogen) atoms. The molecule has 2 heterocycles. The Bertz CT molecular complexity index is 182. The highest BCUT2D eigenvalue weighted by atomic mass is 16.5. The van der Waals surface area contributed by atoms with Gasteiger partial charge in [-0.15, -0.1) is 0 Å². The third-order valence-corrected chi connectivity index (χ3v) is 3.74. The summed E-state index contributed by atoms with van der Waals surface area (Å²) in [7, 11) is 0. The minimum absolute atomic E-state index is 0.315. The molecule has 2 aliphatic heterocycles. The van der Waals surface area contributed by atoms with E-state index >= 15 is 0 Å². The van der Waals surface area contributed by atoms with E-state index in [2.05, 4.69) is 17.1 Å². The monoisotopic (exact) mass is 212 g/mol. The van der Waals surface area contributed by atoms with Crippen molar-refractivity contribution in [2.24, 2.45) is 0 Å². The molecule has 2 fully saturated rings. The normalized spacial score (nSPS) is 35.8. The van der Waals surface area contributed by atoms with E-state index in [1.807, 2.05) is 0 Å². The quantitative estimate of drug-likeness (QED) is 0.708. The highest BCUT2D eigenvalue weighted by molar-refractivity contribution is 4.89. The van der Waals surface area contributed by atoms with E-state index in [9.17, 15) is 0 Å². The molecule has 0 bridgehead atoms.